The summed E-state index contributed by atoms with van der Waals surface area (Å²) in [4.78, 5) is 11.1. The van der Waals surface area contributed by atoms with Gasteiger partial charge in [-0.15, -0.1) is 0 Å². The molecule has 0 saturated carbocycles. The normalized spacial score (nSPS) is 19.3. The van der Waals surface area contributed by atoms with E-state index in [1.54, 1.807) is 31.2 Å². The van der Waals surface area contributed by atoms with Crippen LogP contribution in [0.15, 0.2) is 29.8 Å². The van der Waals surface area contributed by atoms with Crippen molar-refractivity contribution in [3.63, 3.8) is 0 Å². The molecule has 0 N–H and O–H groups in total. The molecule has 0 radical (unpaired) electrons. The molecule has 3 nitrogen and oxygen atoms in total. The number of carbonyl (C=O) groups excluding carboxylic acids is 1. The number of benzene rings is 1. The number of rotatable bonds is 2. The maximum atomic E-state index is 11.1. The minimum Gasteiger partial charge on any atom is -0.449 e. The lowest BCUT2D eigenvalue weighted by Gasteiger charge is -2.12. The Morgan fingerprint density at radius 3 is 2.75 bits per heavy atom. The summed E-state index contributed by atoms with van der Waals surface area (Å²) < 4.78 is 10.3. The zero-order chi connectivity index (χ0) is 11.7. The quantitative estimate of drug-likeness (QED) is 0.765. The highest BCUT2D eigenvalue weighted by atomic mass is 35.5. The fourth-order valence-electron chi connectivity index (χ4n) is 1.26. The Bertz CT molecular complexity index is 468. The van der Waals surface area contributed by atoms with Crippen molar-refractivity contribution >= 4 is 29.2 Å². The van der Waals surface area contributed by atoms with Gasteiger partial charge in [0.25, 0.3) is 6.29 Å². The first kappa shape index (κ1) is 11.3. The molecule has 0 fully saturated rings. The van der Waals surface area contributed by atoms with Crippen molar-refractivity contribution in [1.29, 1.82) is 0 Å². The molecular formula is C11H8Cl2O3. The summed E-state index contributed by atoms with van der Waals surface area (Å²) in [6.45, 7) is 1.66. The van der Waals surface area contributed by atoms with E-state index in [1.165, 1.54) is 0 Å². The van der Waals surface area contributed by atoms with E-state index in [1.807, 2.05) is 0 Å². The molecule has 0 amide bonds. The molecule has 5 heteroatoms. The second-order valence-corrected chi connectivity index (χ2v) is 4.16. The van der Waals surface area contributed by atoms with Gasteiger partial charge in [-0.05, 0) is 19.1 Å². The summed E-state index contributed by atoms with van der Waals surface area (Å²) in [6, 6.07) is 4.84. The predicted molar refractivity (Wildman–Crippen MR) is 60.7 cm³/mol. The molecule has 0 saturated heterocycles. The van der Waals surface area contributed by atoms with E-state index in [0.29, 0.717) is 21.4 Å². The third-order valence-electron chi connectivity index (χ3n) is 2.07. The molecule has 0 aliphatic carbocycles. The Morgan fingerprint density at radius 1 is 1.38 bits per heavy atom. The van der Waals surface area contributed by atoms with Crippen LogP contribution >= 0.6 is 23.2 Å². The molecular weight excluding hydrogens is 251 g/mol. The van der Waals surface area contributed by atoms with Gasteiger partial charge in [0.2, 0.25) is 0 Å². The lowest BCUT2D eigenvalue weighted by atomic mass is 10.3. The number of ether oxygens (including phenoxy) is 2. The van der Waals surface area contributed by atoms with Gasteiger partial charge < -0.3 is 9.47 Å². The Labute approximate surface area is 103 Å². The first-order valence-electron chi connectivity index (χ1n) is 4.57. The Morgan fingerprint density at radius 2 is 2.12 bits per heavy atom. The molecule has 2 rings (SSSR count). The molecule has 1 aliphatic rings. The monoisotopic (exact) mass is 258 g/mol. The van der Waals surface area contributed by atoms with Crippen LogP contribution in [0.1, 0.15) is 6.92 Å². The molecule has 1 atom stereocenters. The van der Waals surface area contributed by atoms with Crippen molar-refractivity contribution in [2.24, 2.45) is 0 Å². The molecule has 1 aliphatic heterocycles. The van der Waals surface area contributed by atoms with Crippen LogP contribution in [-0.4, -0.2) is 12.3 Å². The van der Waals surface area contributed by atoms with Crippen LogP contribution in [0.2, 0.25) is 10.0 Å². The average Bonchev–Trinajstić information content (AvgIpc) is 2.52. The summed E-state index contributed by atoms with van der Waals surface area (Å²) in [6.07, 6.45) is 0.850. The average molecular weight is 259 g/mol. The summed E-state index contributed by atoms with van der Waals surface area (Å²) in [7, 11) is 0. The molecule has 0 aromatic heterocycles. The van der Waals surface area contributed by atoms with Gasteiger partial charge in [0, 0.05) is 22.7 Å². The van der Waals surface area contributed by atoms with Crippen molar-refractivity contribution in [1.82, 2.24) is 0 Å². The third-order valence-corrected chi connectivity index (χ3v) is 2.61. The van der Waals surface area contributed by atoms with Crippen molar-refractivity contribution in [3.8, 4) is 5.75 Å². The van der Waals surface area contributed by atoms with Crippen molar-refractivity contribution < 1.29 is 14.3 Å². The van der Waals surface area contributed by atoms with E-state index in [4.69, 9.17) is 32.7 Å². The fourth-order valence-corrected chi connectivity index (χ4v) is 1.58. The SMILES string of the molecule is CC1=CC(Oc2cc(Cl)ccc2Cl)OC1=O. The molecule has 1 aromatic carbocycles. The van der Waals surface area contributed by atoms with Crippen LogP contribution < -0.4 is 4.74 Å². The molecule has 1 heterocycles. The lowest BCUT2D eigenvalue weighted by molar-refractivity contribution is -0.148. The molecule has 0 bridgehead atoms. The van der Waals surface area contributed by atoms with E-state index in [9.17, 15) is 4.79 Å². The van der Waals surface area contributed by atoms with Gasteiger partial charge in [-0.25, -0.2) is 4.79 Å². The van der Waals surface area contributed by atoms with Gasteiger partial charge >= 0.3 is 5.97 Å². The maximum absolute atomic E-state index is 11.1. The number of esters is 1. The van der Waals surface area contributed by atoms with Crippen LogP contribution in [-0.2, 0) is 9.53 Å². The Kier molecular flexibility index (Phi) is 3.08. The van der Waals surface area contributed by atoms with Gasteiger partial charge in [-0.1, -0.05) is 23.2 Å². The summed E-state index contributed by atoms with van der Waals surface area (Å²) in [5.41, 5.74) is 0.517. The molecule has 0 spiro atoms. The highest BCUT2D eigenvalue weighted by Crippen LogP contribution is 2.29. The third kappa shape index (κ3) is 2.31. The highest BCUT2D eigenvalue weighted by Gasteiger charge is 2.24. The Hall–Kier alpha value is -1.19. The summed E-state index contributed by atoms with van der Waals surface area (Å²) >= 11 is 11.7. The van der Waals surface area contributed by atoms with E-state index >= 15 is 0 Å². The van der Waals surface area contributed by atoms with Crippen LogP contribution in [0.25, 0.3) is 0 Å². The minimum atomic E-state index is -0.733. The highest BCUT2D eigenvalue weighted by molar-refractivity contribution is 6.34. The van der Waals surface area contributed by atoms with Crippen LogP contribution in [0.3, 0.4) is 0 Å². The minimum absolute atomic E-state index is 0.386. The van der Waals surface area contributed by atoms with Crippen LogP contribution in [0.5, 0.6) is 5.75 Å². The number of hydrogen-bond acceptors (Lipinski definition) is 3. The van der Waals surface area contributed by atoms with Crippen molar-refractivity contribution in [2.45, 2.75) is 13.2 Å². The summed E-state index contributed by atoms with van der Waals surface area (Å²) in [5.74, 6) is 0.000988. The van der Waals surface area contributed by atoms with Gasteiger partial charge in [0.1, 0.15) is 5.75 Å². The summed E-state index contributed by atoms with van der Waals surface area (Å²) in [5, 5.41) is 0.919. The first-order chi connectivity index (χ1) is 7.56. The van der Waals surface area contributed by atoms with E-state index in [-0.39, 0.29) is 5.97 Å². The van der Waals surface area contributed by atoms with Crippen LogP contribution in [0.4, 0.5) is 0 Å². The van der Waals surface area contributed by atoms with Gasteiger partial charge in [0.05, 0.1) is 5.02 Å². The van der Waals surface area contributed by atoms with Crippen LogP contribution in [0, 0.1) is 0 Å². The number of hydrogen-bond donors (Lipinski definition) is 0. The molecule has 1 aromatic rings. The fraction of sp³-hybridized carbons (Fsp3) is 0.182. The smallest absolute Gasteiger partial charge is 0.336 e. The van der Waals surface area contributed by atoms with Gasteiger partial charge in [0.15, 0.2) is 0 Å². The maximum Gasteiger partial charge on any atom is 0.336 e. The Balaban J connectivity index is 2.16. The zero-order valence-electron chi connectivity index (χ0n) is 8.37. The van der Waals surface area contributed by atoms with E-state index < -0.39 is 6.29 Å². The second kappa shape index (κ2) is 4.36. The van der Waals surface area contributed by atoms with Crippen molar-refractivity contribution in [3.05, 3.63) is 39.9 Å². The number of halogens is 2. The molecule has 16 heavy (non-hydrogen) atoms. The number of carbonyl (C=O) groups is 1. The van der Waals surface area contributed by atoms with Gasteiger partial charge in [-0.3, -0.25) is 0 Å². The van der Waals surface area contributed by atoms with Crippen molar-refractivity contribution in [2.75, 3.05) is 0 Å². The van der Waals surface area contributed by atoms with E-state index in [0.717, 1.165) is 0 Å². The molecule has 84 valence electrons. The van der Waals surface area contributed by atoms with Gasteiger partial charge in [-0.2, -0.15) is 0 Å². The second-order valence-electron chi connectivity index (χ2n) is 3.32. The number of cyclic esters (lactones) is 1. The topological polar surface area (TPSA) is 35.5 Å². The largest absolute Gasteiger partial charge is 0.449 e. The molecule has 1 unspecified atom stereocenters. The first-order valence-corrected chi connectivity index (χ1v) is 5.33. The standard InChI is InChI=1S/C11H8Cl2O3/c1-6-4-10(16-11(6)14)15-9-5-7(12)2-3-8(9)13/h2-5,10H,1H3. The lowest BCUT2D eigenvalue weighted by Crippen LogP contribution is -2.15. The predicted octanol–water partition coefficient (Wildman–Crippen LogP) is 3.20. The zero-order valence-corrected chi connectivity index (χ0v) is 9.88. The van der Waals surface area contributed by atoms with E-state index in [2.05, 4.69) is 0 Å².